The maximum absolute atomic E-state index is 11.0. The number of hydrogen-bond acceptors (Lipinski definition) is 7. The summed E-state index contributed by atoms with van der Waals surface area (Å²) in [6, 6.07) is 11.8. The maximum Gasteiger partial charge on any atom is 0.271 e. The number of guanidine groups is 1. The Morgan fingerprint density at radius 1 is 1.30 bits per heavy atom. The highest BCUT2D eigenvalue weighted by molar-refractivity contribution is 5.94. The molecule has 2 aromatic rings. The molecule has 0 aromatic heterocycles. The number of anilines is 1. The molecule has 1 aliphatic heterocycles. The topological polar surface area (TPSA) is 157 Å². The van der Waals surface area contributed by atoms with Gasteiger partial charge in [-0.1, -0.05) is 6.07 Å². The molecule has 0 aliphatic carbocycles. The van der Waals surface area contributed by atoms with E-state index in [2.05, 4.69) is 15.6 Å². The second-order valence-corrected chi connectivity index (χ2v) is 7.13. The summed E-state index contributed by atoms with van der Waals surface area (Å²) in [6.07, 6.45) is 0.601. The van der Waals surface area contributed by atoms with Crippen molar-refractivity contribution in [3.8, 4) is 18.0 Å². The van der Waals surface area contributed by atoms with Crippen LogP contribution in [0.25, 0.3) is 0 Å². The minimum Gasteiger partial charge on any atom is -0.485 e. The van der Waals surface area contributed by atoms with Gasteiger partial charge in [0.15, 0.2) is 0 Å². The van der Waals surface area contributed by atoms with Crippen LogP contribution < -0.4 is 15.4 Å². The molecule has 2 atom stereocenters. The zero-order chi connectivity index (χ0) is 21.9. The summed E-state index contributed by atoms with van der Waals surface area (Å²) < 4.78 is 5.86. The van der Waals surface area contributed by atoms with Gasteiger partial charge in [-0.15, -0.1) is 4.99 Å². The lowest BCUT2D eigenvalue weighted by Crippen LogP contribution is -2.54. The smallest absolute Gasteiger partial charge is 0.271 e. The average molecular weight is 406 g/mol. The molecule has 0 fully saturated rings. The highest BCUT2D eigenvalue weighted by atomic mass is 16.6. The van der Waals surface area contributed by atoms with Crippen LogP contribution in [0.5, 0.6) is 5.75 Å². The number of aliphatic hydroxyl groups excluding tert-OH is 1. The van der Waals surface area contributed by atoms with Crippen molar-refractivity contribution in [2.45, 2.75) is 31.6 Å². The number of nitriles is 2. The third-order valence-corrected chi connectivity index (χ3v) is 4.65. The Morgan fingerprint density at radius 3 is 2.73 bits per heavy atom. The molecule has 0 spiro atoms. The quantitative estimate of drug-likeness (QED) is 0.231. The zero-order valence-electron chi connectivity index (χ0n) is 16.2. The average Bonchev–Trinajstić information content (AvgIpc) is 2.71. The van der Waals surface area contributed by atoms with E-state index < -0.39 is 22.7 Å². The van der Waals surface area contributed by atoms with Crippen LogP contribution in [0.15, 0.2) is 47.5 Å². The number of nitro benzene ring substituents is 1. The minimum absolute atomic E-state index is 0.0203. The van der Waals surface area contributed by atoms with Gasteiger partial charge in [0.1, 0.15) is 17.5 Å². The Hall–Kier alpha value is -4.15. The van der Waals surface area contributed by atoms with Crippen LogP contribution >= 0.6 is 0 Å². The molecule has 2 unspecified atom stereocenters. The van der Waals surface area contributed by atoms with Crippen molar-refractivity contribution < 1.29 is 14.8 Å². The molecular weight excluding hydrogens is 388 g/mol. The summed E-state index contributed by atoms with van der Waals surface area (Å²) in [5.74, 6) is 0.460. The number of non-ortho nitro benzene ring substituents is 1. The first-order chi connectivity index (χ1) is 14.2. The number of fused-ring (bicyclic) bond motifs is 1. The number of nitrogens with zero attached hydrogens (tertiary/aromatic N) is 4. The lowest BCUT2D eigenvalue weighted by Gasteiger charge is -2.42. The third-order valence-electron chi connectivity index (χ3n) is 4.65. The van der Waals surface area contributed by atoms with Crippen LogP contribution in [0, 0.1) is 32.9 Å². The van der Waals surface area contributed by atoms with Gasteiger partial charge in [-0.25, -0.2) is 0 Å². The predicted octanol–water partition coefficient (Wildman–Crippen LogP) is 2.58. The number of aliphatic hydroxyl groups is 1. The molecule has 3 N–H and O–H groups in total. The van der Waals surface area contributed by atoms with Crippen LogP contribution in [0.2, 0.25) is 0 Å². The number of nitro groups is 1. The van der Waals surface area contributed by atoms with Gasteiger partial charge < -0.3 is 20.5 Å². The van der Waals surface area contributed by atoms with Crippen molar-refractivity contribution in [1.29, 1.82) is 10.5 Å². The van der Waals surface area contributed by atoms with Crippen molar-refractivity contribution in [1.82, 2.24) is 5.32 Å². The van der Waals surface area contributed by atoms with Crippen LogP contribution in [-0.4, -0.2) is 27.7 Å². The SMILES string of the molecule is CC1(C)Oc2ccc(C#N)cc2C(N/C(=N/C#N)Nc2cccc([N+](=O)[O-])c2)C1O. The maximum atomic E-state index is 11.0. The van der Waals surface area contributed by atoms with Crippen molar-refractivity contribution >= 4 is 17.3 Å². The molecule has 0 saturated carbocycles. The summed E-state index contributed by atoms with van der Waals surface area (Å²) >= 11 is 0. The molecule has 2 aromatic carbocycles. The van der Waals surface area contributed by atoms with Gasteiger partial charge in [0.05, 0.1) is 22.6 Å². The third kappa shape index (κ3) is 4.14. The number of nitrogens with one attached hydrogen (secondary N) is 2. The minimum atomic E-state index is -1.06. The number of hydrogen-bond donors (Lipinski definition) is 3. The summed E-state index contributed by atoms with van der Waals surface area (Å²) in [5, 5.41) is 46.0. The fraction of sp³-hybridized carbons (Fsp3) is 0.250. The first kappa shape index (κ1) is 20.6. The van der Waals surface area contributed by atoms with E-state index >= 15 is 0 Å². The Morgan fingerprint density at radius 2 is 2.07 bits per heavy atom. The molecule has 0 amide bonds. The lowest BCUT2D eigenvalue weighted by molar-refractivity contribution is -0.384. The molecule has 1 aliphatic rings. The molecular formula is C20H18N6O4. The predicted molar refractivity (Wildman–Crippen MR) is 108 cm³/mol. The highest BCUT2D eigenvalue weighted by Crippen LogP contribution is 2.40. The Bertz CT molecular complexity index is 1100. The van der Waals surface area contributed by atoms with Gasteiger partial charge >= 0.3 is 0 Å². The van der Waals surface area contributed by atoms with Gasteiger partial charge in [0.25, 0.3) is 5.69 Å². The van der Waals surface area contributed by atoms with Gasteiger partial charge in [-0.2, -0.15) is 10.5 Å². The summed E-state index contributed by atoms with van der Waals surface area (Å²) in [6.45, 7) is 3.42. The summed E-state index contributed by atoms with van der Waals surface area (Å²) in [4.78, 5) is 14.2. The van der Waals surface area contributed by atoms with E-state index in [1.165, 1.54) is 18.2 Å². The second-order valence-electron chi connectivity index (χ2n) is 7.13. The lowest BCUT2D eigenvalue weighted by atomic mass is 9.86. The molecule has 152 valence electrons. The number of aliphatic imine (C=N–C) groups is 1. The fourth-order valence-corrected chi connectivity index (χ4v) is 3.15. The Balaban J connectivity index is 1.96. The van der Waals surface area contributed by atoms with Gasteiger partial charge in [-0.3, -0.25) is 10.1 Å². The molecule has 10 nitrogen and oxygen atoms in total. The molecule has 3 rings (SSSR count). The first-order valence-corrected chi connectivity index (χ1v) is 8.91. The Labute approximate surface area is 172 Å². The molecule has 10 heteroatoms. The molecule has 0 saturated heterocycles. The highest BCUT2D eigenvalue weighted by Gasteiger charge is 2.43. The van der Waals surface area contributed by atoms with E-state index in [9.17, 15) is 20.5 Å². The van der Waals surface area contributed by atoms with Crippen LogP contribution in [0.1, 0.15) is 31.0 Å². The largest absolute Gasteiger partial charge is 0.485 e. The molecule has 30 heavy (non-hydrogen) atoms. The number of ether oxygens (including phenoxy) is 1. The first-order valence-electron chi connectivity index (χ1n) is 8.91. The van der Waals surface area contributed by atoms with E-state index in [0.29, 0.717) is 22.6 Å². The summed E-state index contributed by atoms with van der Waals surface area (Å²) in [5.41, 5.74) is 0.126. The van der Waals surface area contributed by atoms with E-state index in [4.69, 9.17) is 10.00 Å². The van der Waals surface area contributed by atoms with Crippen molar-refractivity contribution in [3.05, 3.63) is 63.7 Å². The van der Waals surface area contributed by atoms with Crippen molar-refractivity contribution in [2.24, 2.45) is 4.99 Å². The van der Waals surface area contributed by atoms with E-state index in [0.717, 1.165) is 0 Å². The second kappa shape index (κ2) is 8.07. The molecule has 0 radical (unpaired) electrons. The molecule has 1 heterocycles. The zero-order valence-corrected chi connectivity index (χ0v) is 16.2. The number of benzene rings is 2. The van der Waals surface area contributed by atoms with Gasteiger partial charge in [0.2, 0.25) is 12.2 Å². The standard InChI is InChI=1S/C20H18N6O4/c1-20(2)18(27)17(15-8-12(10-21)6-7-16(15)30-20)25-19(23-11-22)24-13-4-3-5-14(9-13)26(28)29/h3-9,17-18,27H,1-2H3,(H2,23,24,25). The molecule has 0 bridgehead atoms. The Kier molecular flexibility index (Phi) is 5.54. The fourth-order valence-electron chi connectivity index (χ4n) is 3.15. The normalized spacial score (nSPS) is 19.4. The monoisotopic (exact) mass is 406 g/mol. The van der Waals surface area contributed by atoms with Crippen molar-refractivity contribution in [3.63, 3.8) is 0 Å². The van der Waals surface area contributed by atoms with Crippen LogP contribution in [-0.2, 0) is 0 Å². The van der Waals surface area contributed by atoms with E-state index in [1.54, 1.807) is 44.3 Å². The van der Waals surface area contributed by atoms with Crippen molar-refractivity contribution in [2.75, 3.05) is 5.32 Å². The van der Waals surface area contributed by atoms with Crippen LogP contribution in [0.4, 0.5) is 11.4 Å². The number of rotatable bonds is 3. The van der Waals surface area contributed by atoms with Gasteiger partial charge in [-0.05, 0) is 38.1 Å². The van der Waals surface area contributed by atoms with Gasteiger partial charge in [0, 0.05) is 23.4 Å². The van der Waals surface area contributed by atoms with Crippen LogP contribution in [0.3, 0.4) is 0 Å². The van der Waals surface area contributed by atoms with E-state index in [1.807, 2.05) is 6.07 Å². The summed E-state index contributed by atoms with van der Waals surface area (Å²) in [7, 11) is 0. The van der Waals surface area contributed by atoms with E-state index in [-0.39, 0.29) is 11.6 Å².